The van der Waals surface area contributed by atoms with E-state index in [1.807, 2.05) is 19.2 Å². The van der Waals surface area contributed by atoms with Crippen molar-refractivity contribution in [2.75, 3.05) is 42.6 Å². The Morgan fingerprint density at radius 3 is 2.71 bits per heavy atom. The number of nitrogens with zero attached hydrogens (tertiary/aromatic N) is 4. The number of amides is 3. The molecule has 8 heteroatoms. The van der Waals surface area contributed by atoms with E-state index < -0.39 is 6.03 Å². The van der Waals surface area contributed by atoms with Gasteiger partial charge in [-0.15, -0.1) is 0 Å². The maximum Gasteiger partial charge on any atom is 0.329 e. The van der Waals surface area contributed by atoms with E-state index in [2.05, 4.69) is 21.4 Å². The molecule has 2 aromatic rings. The third-order valence-corrected chi connectivity index (χ3v) is 4.50. The summed E-state index contributed by atoms with van der Waals surface area (Å²) in [6.45, 7) is 3.55. The minimum absolute atomic E-state index is 0.244. The van der Waals surface area contributed by atoms with Gasteiger partial charge in [-0.1, -0.05) is 0 Å². The fourth-order valence-corrected chi connectivity index (χ4v) is 3.21. The monoisotopic (exact) mass is 329 g/mol. The number of carbonyl (C=O) groups excluding carboxylic acids is 2. The van der Waals surface area contributed by atoms with E-state index in [1.165, 1.54) is 4.90 Å². The predicted octanol–water partition coefficient (Wildman–Crippen LogP) is 0.856. The summed E-state index contributed by atoms with van der Waals surface area (Å²) in [7, 11) is 1.86. The van der Waals surface area contributed by atoms with Crippen LogP contribution in [0.4, 0.5) is 16.3 Å². The maximum atomic E-state index is 12.1. The lowest BCUT2D eigenvalue weighted by Gasteiger charge is -2.29. The van der Waals surface area contributed by atoms with Crippen LogP contribution in [0.15, 0.2) is 18.2 Å². The second-order valence-corrected chi connectivity index (χ2v) is 6.00. The molecule has 0 bridgehead atoms. The van der Waals surface area contributed by atoms with Crippen LogP contribution in [0.25, 0.3) is 10.9 Å². The molecule has 2 fully saturated rings. The zero-order valence-electron chi connectivity index (χ0n) is 13.5. The predicted molar refractivity (Wildman–Crippen MR) is 89.2 cm³/mol. The largest absolute Gasteiger partial charge is 0.378 e. The van der Waals surface area contributed by atoms with Crippen LogP contribution in [0.3, 0.4) is 0 Å². The number of anilines is 2. The van der Waals surface area contributed by atoms with Gasteiger partial charge < -0.3 is 9.64 Å². The van der Waals surface area contributed by atoms with Gasteiger partial charge in [-0.05, 0) is 18.2 Å². The van der Waals surface area contributed by atoms with Gasteiger partial charge in [0.2, 0.25) is 5.91 Å². The van der Waals surface area contributed by atoms with Crippen molar-refractivity contribution in [3.63, 3.8) is 0 Å². The van der Waals surface area contributed by atoms with Gasteiger partial charge in [-0.2, -0.15) is 5.10 Å². The first-order chi connectivity index (χ1) is 11.6. The van der Waals surface area contributed by atoms with Crippen LogP contribution in [-0.4, -0.2) is 54.6 Å². The summed E-state index contributed by atoms with van der Waals surface area (Å²) >= 11 is 0. The number of hydrogen-bond donors (Lipinski definition) is 1. The molecule has 3 heterocycles. The summed E-state index contributed by atoms with van der Waals surface area (Å²) in [6, 6.07) is 5.71. The lowest BCUT2D eigenvalue weighted by atomic mass is 10.2. The fourth-order valence-electron chi connectivity index (χ4n) is 3.21. The van der Waals surface area contributed by atoms with Crippen molar-refractivity contribution >= 4 is 34.3 Å². The second kappa shape index (κ2) is 5.79. The topological polar surface area (TPSA) is 79.7 Å². The summed E-state index contributed by atoms with van der Waals surface area (Å²) < 4.78 is 7.17. The SMILES string of the molecule is Cn1nc(N2CCC(=O)NC2=O)c2ccc(N3CCOCC3)cc21. The fraction of sp³-hybridized carbons (Fsp3) is 0.438. The van der Waals surface area contributed by atoms with Gasteiger partial charge in [0.15, 0.2) is 5.82 Å². The number of imide groups is 1. The number of carbonyl (C=O) groups is 2. The summed E-state index contributed by atoms with van der Waals surface area (Å²) in [5.41, 5.74) is 2.08. The van der Waals surface area contributed by atoms with E-state index in [4.69, 9.17) is 4.74 Å². The average Bonchev–Trinajstić information content (AvgIpc) is 2.92. The van der Waals surface area contributed by atoms with Gasteiger partial charge in [0.25, 0.3) is 0 Å². The molecule has 2 saturated heterocycles. The van der Waals surface area contributed by atoms with Crippen LogP contribution in [0.5, 0.6) is 0 Å². The molecule has 0 saturated carbocycles. The van der Waals surface area contributed by atoms with Crippen LogP contribution in [-0.2, 0) is 16.6 Å². The first-order valence-electron chi connectivity index (χ1n) is 8.04. The first kappa shape index (κ1) is 14.9. The number of aryl methyl sites for hydroxylation is 1. The highest BCUT2D eigenvalue weighted by atomic mass is 16.5. The van der Waals surface area contributed by atoms with E-state index >= 15 is 0 Å². The zero-order chi connectivity index (χ0) is 16.7. The van der Waals surface area contributed by atoms with Crippen molar-refractivity contribution < 1.29 is 14.3 Å². The van der Waals surface area contributed by atoms with Gasteiger partial charge >= 0.3 is 6.03 Å². The van der Waals surface area contributed by atoms with Gasteiger partial charge in [0, 0.05) is 44.2 Å². The summed E-state index contributed by atoms with van der Waals surface area (Å²) in [5.74, 6) is 0.345. The highest BCUT2D eigenvalue weighted by Gasteiger charge is 2.28. The second-order valence-electron chi connectivity index (χ2n) is 6.00. The standard InChI is InChI=1S/C16H19N5O3/c1-19-13-10-11(20-6-8-24-9-7-20)2-3-12(13)15(18-19)21-5-4-14(22)17-16(21)23/h2-3,10H,4-9H2,1H3,(H,17,22,23). The van der Waals surface area contributed by atoms with E-state index in [9.17, 15) is 9.59 Å². The molecule has 2 aliphatic heterocycles. The Hall–Kier alpha value is -2.61. The molecule has 0 unspecified atom stereocenters. The Balaban J connectivity index is 1.71. The Bertz CT molecular complexity index is 809. The quantitative estimate of drug-likeness (QED) is 0.884. The van der Waals surface area contributed by atoms with E-state index in [0.29, 0.717) is 12.4 Å². The summed E-state index contributed by atoms with van der Waals surface area (Å²) in [6.07, 6.45) is 0.287. The van der Waals surface area contributed by atoms with Gasteiger partial charge in [0.05, 0.1) is 18.7 Å². The van der Waals surface area contributed by atoms with Crippen molar-refractivity contribution in [2.45, 2.75) is 6.42 Å². The van der Waals surface area contributed by atoms with E-state index in [1.54, 1.807) is 4.68 Å². The Labute approximate surface area is 138 Å². The molecule has 1 N–H and O–H groups in total. The van der Waals surface area contributed by atoms with Crippen LogP contribution in [0, 0.1) is 0 Å². The molecule has 126 valence electrons. The van der Waals surface area contributed by atoms with Crippen molar-refractivity contribution in [1.82, 2.24) is 15.1 Å². The molecule has 4 rings (SSSR count). The normalized spacial score (nSPS) is 19.0. The van der Waals surface area contributed by atoms with Crippen molar-refractivity contribution in [1.29, 1.82) is 0 Å². The van der Waals surface area contributed by atoms with Gasteiger partial charge in [-0.3, -0.25) is 19.7 Å². The smallest absolute Gasteiger partial charge is 0.329 e. The summed E-state index contributed by atoms with van der Waals surface area (Å²) in [5, 5.41) is 7.75. The molecule has 0 radical (unpaired) electrons. The minimum Gasteiger partial charge on any atom is -0.378 e. The van der Waals surface area contributed by atoms with Crippen LogP contribution >= 0.6 is 0 Å². The number of aromatic nitrogens is 2. The van der Waals surface area contributed by atoms with Crippen LogP contribution < -0.4 is 15.1 Å². The highest BCUT2D eigenvalue weighted by Crippen LogP contribution is 2.30. The first-order valence-corrected chi connectivity index (χ1v) is 8.04. The molecule has 1 aromatic heterocycles. The third kappa shape index (κ3) is 2.48. The van der Waals surface area contributed by atoms with E-state index in [-0.39, 0.29) is 12.3 Å². The number of hydrogen-bond acceptors (Lipinski definition) is 5. The lowest BCUT2D eigenvalue weighted by molar-refractivity contribution is -0.120. The Morgan fingerprint density at radius 2 is 1.96 bits per heavy atom. The van der Waals surface area contributed by atoms with Crippen molar-refractivity contribution in [2.24, 2.45) is 7.05 Å². The van der Waals surface area contributed by atoms with E-state index in [0.717, 1.165) is 42.9 Å². The number of fused-ring (bicyclic) bond motifs is 1. The van der Waals surface area contributed by atoms with Gasteiger partial charge in [-0.25, -0.2) is 4.79 Å². The third-order valence-electron chi connectivity index (χ3n) is 4.50. The molecular formula is C16H19N5O3. The molecule has 3 amide bonds. The highest BCUT2D eigenvalue weighted by molar-refractivity contribution is 6.09. The molecule has 24 heavy (non-hydrogen) atoms. The minimum atomic E-state index is -0.413. The average molecular weight is 329 g/mol. The Kier molecular flexibility index (Phi) is 3.61. The molecule has 1 aromatic carbocycles. The maximum absolute atomic E-state index is 12.1. The number of urea groups is 1. The Morgan fingerprint density at radius 1 is 1.17 bits per heavy atom. The number of ether oxygens (including phenoxy) is 1. The molecule has 8 nitrogen and oxygen atoms in total. The molecule has 0 aliphatic carbocycles. The molecule has 2 aliphatic rings. The number of nitrogens with one attached hydrogen (secondary N) is 1. The molecular weight excluding hydrogens is 310 g/mol. The number of benzene rings is 1. The summed E-state index contributed by atoms with van der Waals surface area (Å²) in [4.78, 5) is 27.2. The van der Waals surface area contributed by atoms with Gasteiger partial charge in [0.1, 0.15) is 0 Å². The van der Waals surface area contributed by atoms with Crippen molar-refractivity contribution in [3.05, 3.63) is 18.2 Å². The number of rotatable bonds is 2. The molecule has 0 atom stereocenters. The number of morpholine rings is 1. The van der Waals surface area contributed by atoms with Crippen molar-refractivity contribution in [3.8, 4) is 0 Å². The molecule has 0 spiro atoms. The van der Waals surface area contributed by atoms with Crippen LogP contribution in [0.2, 0.25) is 0 Å². The van der Waals surface area contributed by atoms with Crippen LogP contribution in [0.1, 0.15) is 6.42 Å². The lowest BCUT2D eigenvalue weighted by Crippen LogP contribution is -2.49. The zero-order valence-corrected chi connectivity index (χ0v) is 13.5.